The predicted molar refractivity (Wildman–Crippen MR) is 66.6 cm³/mol. The van der Waals surface area contributed by atoms with Gasteiger partial charge in [-0.2, -0.15) is 4.98 Å². The molecule has 0 amide bonds. The Balaban J connectivity index is 1.87. The second-order valence-corrected chi connectivity index (χ2v) is 4.79. The highest BCUT2D eigenvalue weighted by Crippen LogP contribution is 2.21. The third kappa shape index (κ3) is 2.00. The summed E-state index contributed by atoms with van der Waals surface area (Å²) < 4.78 is 1.71. The number of hydrogen-bond acceptors (Lipinski definition) is 4. The minimum atomic E-state index is -0.820. The van der Waals surface area contributed by atoms with Crippen LogP contribution in [0.3, 0.4) is 0 Å². The lowest BCUT2D eigenvalue weighted by atomic mass is 10.2. The van der Waals surface area contributed by atoms with Crippen molar-refractivity contribution in [2.75, 3.05) is 0 Å². The van der Waals surface area contributed by atoms with E-state index in [0.717, 1.165) is 16.4 Å². The summed E-state index contributed by atoms with van der Waals surface area (Å²) in [6.45, 7) is 0. The van der Waals surface area contributed by atoms with E-state index in [4.69, 9.17) is 5.11 Å². The Hall–Kier alpha value is -2.15. The number of thiophene rings is 1. The van der Waals surface area contributed by atoms with Gasteiger partial charge < -0.3 is 5.11 Å². The normalized spacial score (nSPS) is 11.1. The number of H-pyrrole nitrogens is 1. The third-order valence-electron chi connectivity index (χ3n) is 2.52. The van der Waals surface area contributed by atoms with Gasteiger partial charge in [-0.15, -0.1) is 11.3 Å². The molecular formula is C11H10N4O2S. The molecular weight excluding hydrogens is 252 g/mol. The number of fused-ring (bicyclic) bond motifs is 1. The highest BCUT2D eigenvalue weighted by atomic mass is 32.1. The van der Waals surface area contributed by atoms with Crippen LogP contribution in [-0.4, -0.2) is 30.7 Å². The Bertz CT molecular complexity index is 652. The Labute approximate surface area is 106 Å². The average Bonchev–Trinajstić information content (AvgIpc) is 3.00. The molecule has 0 aromatic carbocycles. The van der Waals surface area contributed by atoms with Gasteiger partial charge in [0.25, 0.3) is 5.78 Å². The van der Waals surface area contributed by atoms with Gasteiger partial charge in [-0.3, -0.25) is 9.89 Å². The minimum absolute atomic E-state index is 0.0813. The van der Waals surface area contributed by atoms with Crippen molar-refractivity contribution in [3.63, 3.8) is 0 Å². The molecule has 0 saturated heterocycles. The molecule has 0 aliphatic heterocycles. The van der Waals surface area contributed by atoms with E-state index in [-0.39, 0.29) is 6.42 Å². The molecule has 18 heavy (non-hydrogen) atoms. The summed E-state index contributed by atoms with van der Waals surface area (Å²) in [7, 11) is 0. The van der Waals surface area contributed by atoms with E-state index < -0.39 is 5.97 Å². The molecule has 0 unspecified atom stereocenters. The van der Waals surface area contributed by atoms with Crippen molar-refractivity contribution in [3.05, 3.63) is 29.4 Å². The lowest BCUT2D eigenvalue weighted by molar-refractivity contribution is -0.136. The molecule has 6 nitrogen and oxygen atoms in total. The predicted octanol–water partition coefficient (Wildman–Crippen LogP) is 1.80. The van der Waals surface area contributed by atoms with Crippen LogP contribution in [0.2, 0.25) is 0 Å². The molecule has 0 aliphatic carbocycles. The fourth-order valence-electron chi connectivity index (χ4n) is 1.70. The molecule has 0 saturated carbocycles. The fraction of sp³-hybridized carbons (Fsp3) is 0.182. The molecule has 0 fully saturated rings. The van der Waals surface area contributed by atoms with Crippen molar-refractivity contribution in [1.29, 1.82) is 0 Å². The zero-order chi connectivity index (χ0) is 12.5. The molecule has 3 rings (SSSR count). The third-order valence-corrected chi connectivity index (χ3v) is 3.40. The molecule has 3 heterocycles. The van der Waals surface area contributed by atoms with Crippen LogP contribution in [0, 0.1) is 0 Å². The summed E-state index contributed by atoms with van der Waals surface area (Å²) in [5.74, 6) is 0.523. The van der Waals surface area contributed by atoms with Crippen LogP contribution in [0.5, 0.6) is 0 Å². The maximum absolute atomic E-state index is 10.5. The molecule has 2 N–H and O–H groups in total. The van der Waals surface area contributed by atoms with E-state index in [1.807, 2.05) is 17.5 Å². The zero-order valence-corrected chi connectivity index (χ0v) is 10.1. The van der Waals surface area contributed by atoms with Gasteiger partial charge in [-0.1, -0.05) is 6.07 Å². The second kappa shape index (κ2) is 4.26. The topological polar surface area (TPSA) is 83.3 Å². The van der Waals surface area contributed by atoms with Gasteiger partial charge in [0.2, 0.25) is 0 Å². The first kappa shape index (κ1) is 11.0. The van der Waals surface area contributed by atoms with Gasteiger partial charge in [0.05, 0.1) is 23.2 Å². The molecule has 7 heteroatoms. The number of imidazole rings is 1. The Morgan fingerprint density at radius 3 is 3.06 bits per heavy atom. The quantitative estimate of drug-likeness (QED) is 0.751. The van der Waals surface area contributed by atoms with E-state index in [2.05, 4.69) is 15.1 Å². The van der Waals surface area contributed by atoms with Crippen molar-refractivity contribution in [2.45, 2.75) is 12.8 Å². The van der Waals surface area contributed by atoms with Crippen molar-refractivity contribution in [3.8, 4) is 10.7 Å². The summed E-state index contributed by atoms with van der Waals surface area (Å²) in [5, 5.41) is 13.7. The van der Waals surface area contributed by atoms with Crippen molar-refractivity contribution in [1.82, 2.24) is 19.6 Å². The monoisotopic (exact) mass is 262 g/mol. The summed E-state index contributed by atoms with van der Waals surface area (Å²) in [6.07, 6.45) is 2.28. The molecule has 0 spiro atoms. The largest absolute Gasteiger partial charge is 0.481 e. The van der Waals surface area contributed by atoms with E-state index in [1.165, 1.54) is 0 Å². The minimum Gasteiger partial charge on any atom is -0.481 e. The van der Waals surface area contributed by atoms with E-state index in [0.29, 0.717) is 12.2 Å². The lowest BCUT2D eigenvalue weighted by Gasteiger charge is -1.90. The zero-order valence-electron chi connectivity index (χ0n) is 9.33. The van der Waals surface area contributed by atoms with Gasteiger partial charge in [-0.05, 0) is 11.4 Å². The number of hydrogen-bond donors (Lipinski definition) is 2. The van der Waals surface area contributed by atoms with Crippen LogP contribution in [0.15, 0.2) is 23.7 Å². The molecule has 0 atom stereocenters. The number of nitrogens with zero attached hydrogens (tertiary/aromatic N) is 3. The number of carboxylic acids is 1. The van der Waals surface area contributed by atoms with Gasteiger partial charge in [0.1, 0.15) is 0 Å². The molecule has 3 aromatic rings. The lowest BCUT2D eigenvalue weighted by Crippen LogP contribution is -1.97. The fourth-order valence-corrected chi connectivity index (χ4v) is 2.36. The second-order valence-electron chi connectivity index (χ2n) is 3.85. The first-order valence-electron chi connectivity index (χ1n) is 5.42. The molecule has 0 aliphatic rings. The SMILES string of the molecule is O=C(O)CCc1cn2[nH]c(-c3cccs3)nc2n1. The maximum atomic E-state index is 10.5. The Morgan fingerprint density at radius 1 is 1.50 bits per heavy atom. The smallest absolute Gasteiger partial charge is 0.303 e. The van der Waals surface area contributed by atoms with Crippen LogP contribution in [0.4, 0.5) is 0 Å². The summed E-state index contributed by atoms with van der Waals surface area (Å²) in [4.78, 5) is 20.2. The number of carbonyl (C=O) groups is 1. The first-order valence-corrected chi connectivity index (χ1v) is 6.30. The number of aliphatic carboxylic acids is 1. The highest BCUT2D eigenvalue weighted by Gasteiger charge is 2.10. The van der Waals surface area contributed by atoms with E-state index >= 15 is 0 Å². The standard InChI is InChI=1S/C11H10N4O2S/c16-9(17)4-3-7-6-15-11(12-7)13-10(14-15)8-2-1-5-18-8/h1-2,5-6H,3-4H2,(H,16,17)(H,12,13,14). The van der Waals surface area contributed by atoms with E-state index in [9.17, 15) is 4.79 Å². The molecule has 92 valence electrons. The van der Waals surface area contributed by atoms with Crippen LogP contribution < -0.4 is 0 Å². The summed E-state index contributed by atoms with van der Waals surface area (Å²) in [6, 6.07) is 3.94. The Kier molecular flexibility index (Phi) is 2.60. The maximum Gasteiger partial charge on any atom is 0.303 e. The van der Waals surface area contributed by atoms with E-state index in [1.54, 1.807) is 22.0 Å². The van der Waals surface area contributed by atoms with Crippen molar-refractivity contribution < 1.29 is 9.90 Å². The number of aromatic amines is 1. The average molecular weight is 262 g/mol. The summed E-state index contributed by atoms with van der Waals surface area (Å²) >= 11 is 1.60. The van der Waals surface area contributed by atoms with Crippen LogP contribution in [-0.2, 0) is 11.2 Å². The van der Waals surface area contributed by atoms with Crippen LogP contribution >= 0.6 is 11.3 Å². The number of aryl methyl sites for hydroxylation is 1. The number of rotatable bonds is 4. The van der Waals surface area contributed by atoms with Crippen molar-refractivity contribution >= 4 is 23.1 Å². The van der Waals surface area contributed by atoms with Gasteiger partial charge in [-0.25, -0.2) is 9.50 Å². The Morgan fingerprint density at radius 2 is 2.39 bits per heavy atom. The molecule has 3 aromatic heterocycles. The molecule has 0 radical (unpaired) electrons. The van der Waals surface area contributed by atoms with Gasteiger partial charge in [0, 0.05) is 6.42 Å². The van der Waals surface area contributed by atoms with Crippen LogP contribution in [0.25, 0.3) is 16.5 Å². The van der Waals surface area contributed by atoms with Gasteiger partial charge in [0.15, 0.2) is 5.82 Å². The first-order chi connectivity index (χ1) is 8.72. The highest BCUT2D eigenvalue weighted by molar-refractivity contribution is 7.13. The summed E-state index contributed by atoms with van der Waals surface area (Å²) in [5.41, 5.74) is 0.730. The number of carboxylic acid groups (broad SMARTS) is 1. The number of aromatic nitrogens is 4. The van der Waals surface area contributed by atoms with Crippen LogP contribution in [0.1, 0.15) is 12.1 Å². The molecule has 0 bridgehead atoms. The van der Waals surface area contributed by atoms with Gasteiger partial charge >= 0.3 is 5.97 Å². The number of nitrogens with one attached hydrogen (secondary N) is 1. The van der Waals surface area contributed by atoms with Crippen molar-refractivity contribution in [2.24, 2.45) is 0 Å².